The van der Waals surface area contributed by atoms with Crippen LogP contribution in [0.2, 0.25) is 0 Å². The molecule has 9 aromatic rings. The normalized spacial score (nSPS) is 13.6. The molecule has 0 spiro atoms. The Labute approximate surface area is 310 Å². The molecule has 0 radical (unpaired) electrons. The predicted molar refractivity (Wildman–Crippen MR) is 218 cm³/mol. The second-order valence-corrected chi connectivity index (χ2v) is 16.2. The van der Waals surface area contributed by atoms with Crippen molar-refractivity contribution in [1.29, 1.82) is 0 Å². The first-order valence-electron chi connectivity index (χ1n) is 17.8. The number of hydrogen-bond acceptors (Lipinski definition) is 3. The van der Waals surface area contributed by atoms with Gasteiger partial charge in [-0.1, -0.05) is 133 Å². The van der Waals surface area contributed by atoms with Gasteiger partial charge in [0.1, 0.15) is 0 Å². The van der Waals surface area contributed by atoms with E-state index < -0.39 is 10.0 Å². The second kappa shape index (κ2) is 12.8. The van der Waals surface area contributed by atoms with E-state index in [-0.39, 0.29) is 0 Å². The number of aromatic nitrogens is 3. The number of rotatable bonds is 6. The van der Waals surface area contributed by atoms with Crippen LogP contribution in [0.25, 0.3) is 39.4 Å². The van der Waals surface area contributed by atoms with Crippen molar-refractivity contribution in [3.8, 4) is 33.6 Å². The molecule has 53 heavy (non-hydrogen) atoms. The Bertz CT molecular complexity index is 2620. The van der Waals surface area contributed by atoms with Crippen LogP contribution in [0.15, 0.2) is 226 Å². The zero-order valence-corrected chi connectivity index (χ0v) is 29.6. The molecule has 0 atom stereocenters. The highest BCUT2D eigenvalue weighted by Crippen LogP contribution is 2.79. The molecule has 1 aliphatic heterocycles. The van der Waals surface area contributed by atoms with E-state index in [9.17, 15) is 0 Å². The van der Waals surface area contributed by atoms with Crippen LogP contribution in [-0.2, 0) is 0 Å². The summed E-state index contributed by atoms with van der Waals surface area (Å²) in [5.41, 5.74) is 9.73. The summed E-state index contributed by atoms with van der Waals surface area (Å²) < 4.78 is 2.13. The van der Waals surface area contributed by atoms with Crippen LogP contribution in [0.5, 0.6) is 0 Å². The van der Waals surface area contributed by atoms with Gasteiger partial charge in [0.25, 0.3) is 0 Å². The van der Waals surface area contributed by atoms with Crippen LogP contribution in [0.1, 0.15) is 0 Å². The maximum atomic E-state index is 5.01. The maximum absolute atomic E-state index is 5.01. The smallest absolute Gasteiger partial charge is 0.234 e. The maximum Gasteiger partial charge on any atom is 0.234 e. The molecule has 0 fully saturated rings. The van der Waals surface area contributed by atoms with Crippen LogP contribution >= 0.6 is 10.0 Å². The summed E-state index contributed by atoms with van der Waals surface area (Å²) in [5, 5.41) is 0. The number of imidazole rings is 1. The Morgan fingerprint density at radius 3 is 1.47 bits per heavy atom. The first-order valence-corrected chi connectivity index (χ1v) is 19.5. The molecule has 1 aliphatic rings. The predicted octanol–water partition coefficient (Wildman–Crippen LogP) is 12.9. The van der Waals surface area contributed by atoms with Crippen LogP contribution < -0.4 is 4.90 Å². The van der Waals surface area contributed by atoms with Gasteiger partial charge in [0, 0.05) is 54.4 Å². The number of nitrogens with zero attached hydrogens (tertiary/aromatic N) is 4. The first-order chi connectivity index (χ1) is 26.3. The topological polar surface area (TPSA) is 33.4 Å². The molecule has 0 amide bonds. The van der Waals surface area contributed by atoms with Gasteiger partial charge in [-0.15, -0.1) is 10.0 Å². The van der Waals surface area contributed by atoms with Gasteiger partial charge in [0.05, 0.1) is 22.8 Å². The molecule has 10 rings (SSSR count). The zero-order chi connectivity index (χ0) is 35.2. The highest BCUT2D eigenvalue weighted by atomic mass is 32.3. The monoisotopic (exact) mass is 698 g/mol. The third-order valence-corrected chi connectivity index (χ3v) is 14.1. The third-order valence-electron chi connectivity index (χ3n) is 10.1. The van der Waals surface area contributed by atoms with Crippen LogP contribution in [0, 0.1) is 0 Å². The van der Waals surface area contributed by atoms with Crippen LogP contribution in [0.4, 0.5) is 17.1 Å². The molecule has 0 N–H and O–H groups in total. The standard InChI is InChI=1S/C48H34N4S/c1-5-17-36(18-6-1)46-47(37-19-7-2-8-20-37)51-34-38(33-49-48(51)50-46)35-29-31-39(32-30-35)52-42-25-13-15-27-44(42)53(40-21-9-3-10-22-40,41-23-11-4-12-24-41)45-28-16-14-26-43(45)52/h1-34H. The molecule has 252 valence electrons. The van der Waals surface area contributed by atoms with Crippen molar-refractivity contribution in [3.05, 3.63) is 207 Å². The molecule has 2 aromatic heterocycles. The minimum absolute atomic E-state index is 0.674. The van der Waals surface area contributed by atoms with Crippen molar-refractivity contribution in [2.45, 2.75) is 19.6 Å². The molecule has 7 aromatic carbocycles. The highest BCUT2D eigenvalue weighted by Gasteiger charge is 2.42. The molecule has 3 heterocycles. The first kappa shape index (κ1) is 31.1. The molecule has 0 bridgehead atoms. The minimum atomic E-state index is -1.79. The lowest BCUT2D eigenvalue weighted by molar-refractivity contribution is 1.11. The van der Waals surface area contributed by atoms with E-state index in [1.807, 2.05) is 18.3 Å². The van der Waals surface area contributed by atoms with Crippen molar-refractivity contribution >= 4 is 32.9 Å². The quantitative estimate of drug-likeness (QED) is 0.173. The molecule has 5 heteroatoms. The molecule has 4 nitrogen and oxygen atoms in total. The SMILES string of the molecule is c1ccc(-c2nc3ncc(-c4ccc(N5c6ccccc6S(c6ccccc6)(c6ccccc6)c6ccccc65)cc4)cn3c2-c2ccccc2)cc1. The number of hydrogen-bond donors (Lipinski definition) is 0. The molecular weight excluding hydrogens is 665 g/mol. The summed E-state index contributed by atoms with van der Waals surface area (Å²) in [4.78, 5) is 17.6. The average molecular weight is 699 g/mol. The summed E-state index contributed by atoms with van der Waals surface area (Å²) in [6.45, 7) is 0. The lowest BCUT2D eigenvalue weighted by Gasteiger charge is -2.49. The fourth-order valence-electron chi connectivity index (χ4n) is 7.78. The van der Waals surface area contributed by atoms with E-state index in [0.717, 1.165) is 39.3 Å². The number of anilines is 3. The summed E-state index contributed by atoms with van der Waals surface area (Å²) in [6, 6.07) is 69.8. The molecule has 0 saturated heterocycles. The van der Waals surface area contributed by atoms with E-state index in [2.05, 4.69) is 197 Å². The van der Waals surface area contributed by atoms with Crippen LogP contribution in [-0.4, -0.2) is 14.4 Å². The Morgan fingerprint density at radius 2 is 0.906 bits per heavy atom. The van der Waals surface area contributed by atoms with Gasteiger partial charge in [-0.25, -0.2) is 9.97 Å². The molecule has 0 aliphatic carbocycles. The summed E-state index contributed by atoms with van der Waals surface area (Å²) in [5.74, 6) is 0.674. The van der Waals surface area contributed by atoms with Crippen molar-refractivity contribution in [2.24, 2.45) is 0 Å². The molecule has 0 unspecified atom stereocenters. The number of fused-ring (bicyclic) bond motifs is 3. The van der Waals surface area contributed by atoms with Gasteiger partial charge < -0.3 is 4.90 Å². The lowest BCUT2D eigenvalue weighted by atomic mass is 10.0. The summed E-state index contributed by atoms with van der Waals surface area (Å²) in [6.07, 6.45) is 4.10. The lowest BCUT2D eigenvalue weighted by Crippen LogP contribution is -2.21. The highest BCUT2D eigenvalue weighted by molar-refractivity contribution is 8.34. The zero-order valence-electron chi connectivity index (χ0n) is 28.8. The van der Waals surface area contributed by atoms with Gasteiger partial charge in [-0.05, 0) is 66.2 Å². The minimum Gasteiger partial charge on any atom is -0.308 e. The Kier molecular flexibility index (Phi) is 7.52. The van der Waals surface area contributed by atoms with Crippen molar-refractivity contribution < 1.29 is 0 Å². The average Bonchev–Trinajstić information content (AvgIpc) is 3.63. The Morgan fingerprint density at radius 1 is 0.415 bits per heavy atom. The molecule has 0 saturated carbocycles. The second-order valence-electron chi connectivity index (χ2n) is 13.1. The van der Waals surface area contributed by atoms with Crippen molar-refractivity contribution in [3.63, 3.8) is 0 Å². The van der Waals surface area contributed by atoms with Gasteiger partial charge in [-0.2, -0.15) is 0 Å². The van der Waals surface area contributed by atoms with Crippen molar-refractivity contribution in [2.75, 3.05) is 4.90 Å². The Balaban J connectivity index is 1.11. The van der Waals surface area contributed by atoms with E-state index in [4.69, 9.17) is 9.97 Å². The summed E-state index contributed by atoms with van der Waals surface area (Å²) >= 11 is 0. The van der Waals surface area contributed by atoms with Gasteiger partial charge >= 0.3 is 0 Å². The van der Waals surface area contributed by atoms with Gasteiger partial charge in [0.2, 0.25) is 5.78 Å². The Hall–Kier alpha value is -6.69. The van der Waals surface area contributed by atoms with Crippen LogP contribution in [0.3, 0.4) is 0 Å². The van der Waals surface area contributed by atoms with Crippen molar-refractivity contribution in [1.82, 2.24) is 14.4 Å². The fourth-order valence-corrected chi connectivity index (χ4v) is 11.9. The van der Waals surface area contributed by atoms with Gasteiger partial charge in [0.15, 0.2) is 0 Å². The van der Waals surface area contributed by atoms with E-state index in [1.165, 1.54) is 31.0 Å². The summed E-state index contributed by atoms with van der Waals surface area (Å²) in [7, 11) is -1.79. The molecular formula is C48H34N4S. The fraction of sp³-hybridized carbons (Fsp3) is 0. The van der Waals surface area contributed by atoms with E-state index >= 15 is 0 Å². The van der Waals surface area contributed by atoms with Gasteiger partial charge in [-0.3, -0.25) is 4.40 Å². The number of benzene rings is 7. The number of para-hydroxylation sites is 2. The largest absolute Gasteiger partial charge is 0.308 e. The van der Waals surface area contributed by atoms with E-state index in [1.54, 1.807) is 0 Å². The third kappa shape index (κ3) is 5.01. The van der Waals surface area contributed by atoms with E-state index in [0.29, 0.717) is 5.78 Å².